The highest BCUT2D eigenvalue weighted by Gasteiger charge is 2.14. The molecule has 112 valence electrons. The molecular weight excluding hydrogens is 445 g/mol. The molecule has 0 aliphatic heterocycles. The number of rotatable bonds is 5. The van der Waals surface area contributed by atoms with Crippen molar-refractivity contribution in [3.8, 4) is 17.1 Å². The summed E-state index contributed by atoms with van der Waals surface area (Å²) in [6.07, 6.45) is 1.99. The summed E-state index contributed by atoms with van der Waals surface area (Å²) in [5.41, 5.74) is 2.00. The fourth-order valence-corrected chi connectivity index (χ4v) is 3.19. The first-order valence-corrected chi connectivity index (χ1v) is 8.56. The van der Waals surface area contributed by atoms with E-state index in [-0.39, 0.29) is 0 Å². The maximum Gasteiger partial charge on any atom is 0.163 e. The standard InChI is InChI=1S/C15H17BrIN3O/c1-4-5-12-13(17)15(18-2)20-14(19-12)10-8-9(21-3)6-7-11(10)16/h6-8H,4-5H2,1-3H3,(H,18,19,20). The first-order valence-electron chi connectivity index (χ1n) is 6.68. The third kappa shape index (κ3) is 3.66. The highest BCUT2D eigenvalue weighted by molar-refractivity contribution is 14.1. The molecule has 1 aromatic carbocycles. The molecule has 2 aromatic rings. The van der Waals surface area contributed by atoms with Crippen LogP contribution < -0.4 is 10.1 Å². The van der Waals surface area contributed by atoms with E-state index in [4.69, 9.17) is 9.72 Å². The quantitative estimate of drug-likeness (QED) is 0.665. The minimum Gasteiger partial charge on any atom is -0.497 e. The van der Waals surface area contributed by atoms with Crippen LogP contribution in [0.15, 0.2) is 22.7 Å². The van der Waals surface area contributed by atoms with Gasteiger partial charge in [0, 0.05) is 17.1 Å². The lowest BCUT2D eigenvalue weighted by atomic mass is 10.2. The predicted molar refractivity (Wildman–Crippen MR) is 98.0 cm³/mol. The molecule has 0 atom stereocenters. The molecule has 0 aliphatic rings. The average molecular weight is 462 g/mol. The molecular formula is C15H17BrIN3O. The molecule has 0 bridgehead atoms. The summed E-state index contributed by atoms with van der Waals surface area (Å²) >= 11 is 5.87. The molecule has 0 radical (unpaired) electrons. The Hall–Kier alpha value is -0.890. The maximum absolute atomic E-state index is 5.30. The maximum atomic E-state index is 5.30. The Morgan fingerprint density at radius 2 is 2.10 bits per heavy atom. The van der Waals surface area contributed by atoms with Gasteiger partial charge in [0.1, 0.15) is 11.6 Å². The van der Waals surface area contributed by atoms with Crippen LogP contribution in [0, 0.1) is 3.57 Å². The second-order valence-electron chi connectivity index (χ2n) is 4.50. The molecule has 0 spiro atoms. The van der Waals surface area contributed by atoms with Crippen LogP contribution in [0.3, 0.4) is 0 Å². The summed E-state index contributed by atoms with van der Waals surface area (Å²) in [4.78, 5) is 9.36. The lowest BCUT2D eigenvalue weighted by Gasteiger charge is -2.12. The second-order valence-corrected chi connectivity index (χ2v) is 6.44. The van der Waals surface area contributed by atoms with E-state index < -0.39 is 0 Å². The van der Waals surface area contributed by atoms with Gasteiger partial charge in [-0.1, -0.05) is 29.3 Å². The van der Waals surface area contributed by atoms with Gasteiger partial charge in [0.15, 0.2) is 5.82 Å². The van der Waals surface area contributed by atoms with Crippen molar-refractivity contribution in [3.05, 3.63) is 31.9 Å². The Kier molecular flexibility index (Phi) is 5.80. The number of nitrogens with zero attached hydrogens (tertiary/aromatic N) is 2. The van der Waals surface area contributed by atoms with E-state index >= 15 is 0 Å². The third-order valence-electron chi connectivity index (χ3n) is 3.06. The summed E-state index contributed by atoms with van der Waals surface area (Å²) in [6, 6.07) is 5.81. The minimum absolute atomic E-state index is 0.703. The van der Waals surface area contributed by atoms with Crippen molar-refractivity contribution >= 4 is 44.3 Å². The van der Waals surface area contributed by atoms with E-state index in [0.29, 0.717) is 5.82 Å². The summed E-state index contributed by atoms with van der Waals surface area (Å²) < 4.78 is 7.33. The zero-order valence-electron chi connectivity index (χ0n) is 12.2. The monoisotopic (exact) mass is 461 g/mol. The first-order chi connectivity index (χ1) is 10.1. The number of hydrogen-bond donors (Lipinski definition) is 1. The van der Waals surface area contributed by atoms with E-state index in [2.05, 4.69) is 55.7 Å². The Bertz CT molecular complexity index is 649. The van der Waals surface area contributed by atoms with Crippen LogP contribution in [-0.2, 0) is 6.42 Å². The van der Waals surface area contributed by atoms with Crippen molar-refractivity contribution in [1.82, 2.24) is 9.97 Å². The highest BCUT2D eigenvalue weighted by Crippen LogP contribution is 2.32. The van der Waals surface area contributed by atoms with Crippen LogP contribution in [0.1, 0.15) is 19.0 Å². The van der Waals surface area contributed by atoms with Gasteiger partial charge in [0.2, 0.25) is 0 Å². The lowest BCUT2D eigenvalue weighted by molar-refractivity contribution is 0.415. The molecule has 6 heteroatoms. The van der Waals surface area contributed by atoms with Crippen LogP contribution in [0.4, 0.5) is 5.82 Å². The van der Waals surface area contributed by atoms with Crippen LogP contribution in [0.25, 0.3) is 11.4 Å². The molecule has 0 saturated heterocycles. The summed E-state index contributed by atoms with van der Waals surface area (Å²) in [6.45, 7) is 2.15. The number of ether oxygens (including phenoxy) is 1. The van der Waals surface area contributed by atoms with Crippen molar-refractivity contribution in [3.63, 3.8) is 0 Å². The molecule has 1 N–H and O–H groups in total. The van der Waals surface area contributed by atoms with E-state index in [1.54, 1.807) is 7.11 Å². The molecule has 4 nitrogen and oxygen atoms in total. The molecule has 1 heterocycles. The van der Waals surface area contributed by atoms with Crippen molar-refractivity contribution in [1.29, 1.82) is 0 Å². The van der Waals surface area contributed by atoms with Gasteiger partial charge in [0.25, 0.3) is 0 Å². The number of benzene rings is 1. The number of aromatic nitrogens is 2. The van der Waals surface area contributed by atoms with Gasteiger partial charge < -0.3 is 10.1 Å². The van der Waals surface area contributed by atoms with E-state index in [9.17, 15) is 0 Å². The molecule has 0 aliphatic carbocycles. The van der Waals surface area contributed by atoms with E-state index in [1.807, 2.05) is 25.2 Å². The van der Waals surface area contributed by atoms with Crippen LogP contribution in [-0.4, -0.2) is 24.1 Å². The molecule has 0 fully saturated rings. The topological polar surface area (TPSA) is 47.0 Å². The number of nitrogens with one attached hydrogen (secondary N) is 1. The summed E-state index contributed by atoms with van der Waals surface area (Å²) in [5, 5.41) is 3.15. The van der Waals surface area contributed by atoms with Gasteiger partial charge in [0.05, 0.1) is 16.4 Å². The number of halogens is 2. The van der Waals surface area contributed by atoms with Crippen LogP contribution in [0.2, 0.25) is 0 Å². The van der Waals surface area contributed by atoms with Crippen molar-refractivity contribution in [2.75, 3.05) is 19.5 Å². The molecule has 2 rings (SSSR count). The number of methoxy groups -OCH3 is 1. The molecule has 0 amide bonds. The average Bonchev–Trinajstić information content (AvgIpc) is 2.50. The zero-order chi connectivity index (χ0) is 15.4. The van der Waals surface area contributed by atoms with Crippen molar-refractivity contribution < 1.29 is 4.74 Å². The Morgan fingerprint density at radius 1 is 1.33 bits per heavy atom. The zero-order valence-corrected chi connectivity index (χ0v) is 15.9. The second kappa shape index (κ2) is 7.40. The predicted octanol–water partition coefficient (Wildman–Crippen LogP) is 4.51. The molecule has 0 unspecified atom stereocenters. The fourth-order valence-electron chi connectivity index (χ4n) is 1.98. The largest absolute Gasteiger partial charge is 0.497 e. The fraction of sp³-hybridized carbons (Fsp3) is 0.333. The van der Waals surface area contributed by atoms with Gasteiger partial charge in [-0.2, -0.15) is 0 Å². The van der Waals surface area contributed by atoms with Gasteiger partial charge in [-0.05, 0) is 47.2 Å². The Morgan fingerprint density at radius 3 is 2.71 bits per heavy atom. The van der Waals surface area contributed by atoms with Crippen molar-refractivity contribution in [2.45, 2.75) is 19.8 Å². The van der Waals surface area contributed by atoms with E-state index in [1.165, 1.54) is 0 Å². The normalized spacial score (nSPS) is 10.5. The smallest absolute Gasteiger partial charge is 0.163 e. The van der Waals surface area contributed by atoms with Crippen molar-refractivity contribution in [2.24, 2.45) is 0 Å². The molecule has 21 heavy (non-hydrogen) atoms. The van der Waals surface area contributed by atoms with E-state index in [0.717, 1.165) is 43.7 Å². The Labute approximate surface area is 147 Å². The minimum atomic E-state index is 0.703. The number of aryl methyl sites for hydroxylation is 1. The lowest BCUT2D eigenvalue weighted by Crippen LogP contribution is -2.05. The van der Waals surface area contributed by atoms with Crippen LogP contribution >= 0.6 is 38.5 Å². The van der Waals surface area contributed by atoms with Crippen LogP contribution in [0.5, 0.6) is 5.75 Å². The van der Waals surface area contributed by atoms with Gasteiger partial charge in [-0.15, -0.1) is 0 Å². The molecule has 0 saturated carbocycles. The third-order valence-corrected chi connectivity index (χ3v) is 4.88. The van der Waals surface area contributed by atoms with Gasteiger partial charge in [-0.3, -0.25) is 0 Å². The van der Waals surface area contributed by atoms with Gasteiger partial charge in [-0.25, -0.2) is 9.97 Å². The summed E-state index contributed by atoms with van der Waals surface area (Å²) in [5.74, 6) is 2.35. The van der Waals surface area contributed by atoms with Gasteiger partial charge >= 0.3 is 0 Å². The number of hydrogen-bond acceptors (Lipinski definition) is 4. The highest BCUT2D eigenvalue weighted by atomic mass is 127. The summed E-state index contributed by atoms with van der Waals surface area (Å²) in [7, 11) is 3.54. The number of anilines is 1. The Balaban J connectivity index is 2.60. The first kappa shape index (κ1) is 16.5. The SMILES string of the molecule is CCCc1nc(-c2cc(OC)ccc2Br)nc(NC)c1I. The molecule has 1 aromatic heterocycles.